The monoisotopic (exact) mass is 284 g/mol. The van der Waals surface area contributed by atoms with Gasteiger partial charge >= 0.3 is 0 Å². The lowest BCUT2D eigenvalue weighted by atomic mass is 9.88. The molecule has 0 aromatic heterocycles. The van der Waals surface area contributed by atoms with Crippen LogP contribution in [0.3, 0.4) is 0 Å². The van der Waals surface area contributed by atoms with E-state index in [-0.39, 0.29) is 0 Å². The maximum absolute atomic E-state index is 5.79. The van der Waals surface area contributed by atoms with Gasteiger partial charge < -0.3 is 11.1 Å². The predicted octanol–water partition coefficient (Wildman–Crippen LogP) is 3.62. The zero-order chi connectivity index (χ0) is 12.2. The first-order chi connectivity index (χ1) is 7.40. The van der Waals surface area contributed by atoms with Gasteiger partial charge in [0.25, 0.3) is 0 Å². The van der Waals surface area contributed by atoms with Gasteiger partial charge in [0.1, 0.15) is 0 Å². The van der Waals surface area contributed by atoms with Crippen molar-refractivity contribution < 1.29 is 0 Å². The molecule has 0 aliphatic heterocycles. The molecule has 16 heavy (non-hydrogen) atoms. The van der Waals surface area contributed by atoms with Crippen molar-refractivity contribution in [1.82, 2.24) is 0 Å². The van der Waals surface area contributed by atoms with Gasteiger partial charge in [-0.3, -0.25) is 0 Å². The first-order valence-corrected chi connectivity index (χ1v) is 6.42. The largest absolute Gasteiger partial charge is 0.381 e. The van der Waals surface area contributed by atoms with E-state index in [1.54, 1.807) is 0 Å². The molecule has 1 rings (SSSR count). The summed E-state index contributed by atoms with van der Waals surface area (Å²) < 4.78 is 1.09. The van der Waals surface area contributed by atoms with Crippen LogP contribution in [0.15, 0.2) is 28.7 Å². The van der Waals surface area contributed by atoms with E-state index in [0.29, 0.717) is 18.0 Å². The molecule has 0 aliphatic rings. The van der Waals surface area contributed by atoms with Gasteiger partial charge in [-0.2, -0.15) is 0 Å². The van der Waals surface area contributed by atoms with E-state index in [9.17, 15) is 0 Å². The van der Waals surface area contributed by atoms with E-state index in [4.69, 9.17) is 5.73 Å². The number of anilines is 1. The Kier molecular flexibility index (Phi) is 4.81. The van der Waals surface area contributed by atoms with Crippen LogP contribution in [-0.4, -0.2) is 12.6 Å². The summed E-state index contributed by atoms with van der Waals surface area (Å²) in [6, 6.07) is 8.51. The Labute approximate surface area is 107 Å². The third kappa shape index (κ3) is 4.99. The zero-order valence-corrected chi connectivity index (χ0v) is 11.8. The van der Waals surface area contributed by atoms with E-state index >= 15 is 0 Å². The topological polar surface area (TPSA) is 38.0 Å². The molecule has 3 heteroatoms. The Balaban J connectivity index is 2.63. The molecular formula is C13H21BrN2. The predicted molar refractivity (Wildman–Crippen MR) is 74.7 cm³/mol. The van der Waals surface area contributed by atoms with Gasteiger partial charge in [0.15, 0.2) is 0 Å². The number of nitrogens with two attached hydrogens (primary N) is 1. The third-order valence-electron chi connectivity index (χ3n) is 2.34. The summed E-state index contributed by atoms with van der Waals surface area (Å²) in [5, 5.41) is 3.47. The number of rotatable bonds is 4. The average Bonchev–Trinajstić information content (AvgIpc) is 2.14. The molecule has 1 atom stereocenters. The van der Waals surface area contributed by atoms with Gasteiger partial charge in [0, 0.05) is 22.7 Å². The van der Waals surface area contributed by atoms with Gasteiger partial charge in [-0.1, -0.05) is 42.8 Å². The van der Waals surface area contributed by atoms with Gasteiger partial charge in [0.2, 0.25) is 0 Å². The van der Waals surface area contributed by atoms with E-state index < -0.39 is 0 Å². The molecule has 0 aliphatic carbocycles. The Morgan fingerprint density at radius 3 is 2.56 bits per heavy atom. The molecule has 1 aromatic carbocycles. The lowest BCUT2D eigenvalue weighted by Gasteiger charge is -2.26. The minimum Gasteiger partial charge on any atom is -0.381 e. The van der Waals surface area contributed by atoms with Crippen LogP contribution in [0.25, 0.3) is 0 Å². The average molecular weight is 285 g/mol. The van der Waals surface area contributed by atoms with Crippen LogP contribution in [0.1, 0.15) is 27.2 Å². The summed E-state index contributed by atoms with van der Waals surface area (Å²) in [5.41, 5.74) is 7.21. The number of halogens is 1. The van der Waals surface area contributed by atoms with Crippen LogP contribution in [0.5, 0.6) is 0 Å². The molecular weight excluding hydrogens is 264 g/mol. The highest BCUT2D eigenvalue weighted by Gasteiger charge is 2.17. The number of hydrogen-bond donors (Lipinski definition) is 2. The van der Waals surface area contributed by atoms with E-state index in [0.717, 1.165) is 16.6 Å². The quantitative estimate of drug-likeness (QED) is 0.886. The molecule has 1 unspecified atom stereocenters. The molecule has 0 radical (unpaired) electrons. The lowest BCUT2D eigenvalue weighted by Crippen LogP contribution is -2.32. The molecule has 0 bridgehead atoms. The van der Waals surface area contributed by atoms with Crippen LogP contribution < -0.4 is 11.1 Å². The second-order valence-corrected chi connectivity index (χ2v) is 6.27. The normalized spacial score (nSPS) is 13.6. The molecule has 90 valence electrons. The highest BCUT2D eigenvalue weighted by atomic mass is 79.9. The van der Waals surface area contributed by atoms with E-state index in [1.807, 2.05) is 12.1 Å². The molecule has 1 aromatic rings. The van der Waals surface area contributed by atoms with Crippen molar-refractivity contribution in [1.29, 1.82) is 0 Å². The molecule has 2 nitrogen and oxygen atoms in total. The SMILES string of the molecule is CC(C)(C)CC(CN)Nc1cccc(Br)c1. The second-order valence-electron chi connectivity index (χ2n) is 5.35. The van der Waals surface area contributed by atoms with Crippen LogP contribution in [-0.2, 0) is 0 Å². The minimum atomic E-state index is 0.295. The number of nitrogens with one attached hydrogen (secondary N) is 1. The number of hydrogen-bond acceptors (Lipinski definition) is 2. The van der Waals surface area contributed by atoms with Crippen LogP contribution in [0.4, 0.5) is 5.69 Å². The van der Waals surface area contributed by atoms with Crippen molar-refractivity contribution in [3.05, 3.63) is 28.7 Å². The van der Waals surface area contributed by atoms with Gasteiger partial charge in [-0.15, -0.1) is 0 Å². The molecule has 0 fully saturated rings. The molecule has 0 amide bonds. The molecule has 0 saturated carbocycles. The molecule has 0 spiro atoms. The number of benzene rings is 1. The van der Waals surface area contributed by atoms with Crippen LogP contribution >= 0.6 is 15.9 Å². The first-order valence-electron chi connectivity index (χ1n) is 5.63. The van der Waals surface area contributed by atoms with Crippen molar-refractivity contribution in [2.75, 3.05) is 11.9 Å². The summed E-state index contributed by atoms with van der Waals surface area (Å²) in [7, 11) is 0. The Morgan fingerprint density at radius 1 is 1.38 bits per heavy atom. The fourth-order valence-electron chi connectivity index (χ4n) is 1.75. The molecule has 0 heterocycles. The van der Waals surface area contributed by atoms with Crippen LogP contribution in [0, 0.1) is 5.41 Å². The van der Waals surface area contributed by atoms with Crippen LogP contribution in [0.2, 0.25) is 0 Å². The fraction of sp³-hybridized carbons (Fsp3) is 0.538. The Hall–Kier alpha value is -0.540. The summed E-state index contributed by atoms with van der Waals surface area (Å²) >= 11 is 3.46. The molecule has 0 saturated heterocycles. The zero-order valence-electron chi connectivity index (χ0n) is 10.3. The Morgan fingerprint density at radius 2 is 2.06 bits per heavy atom. The van der Waals surface area contributed by atoms with Crippen molar-refractivity contribution in [2.45, 2.75) is 33.2 Å². The molecule has 3 N–H and O–H groups in total. The smallest absolute Gasteiger partial charge is 0.0388 e. The van der Waals surface area contributed by atoms with Gasteiger partial charge in [-0.25, -0.2) is 0 Å². The summed E-state index contributed by atoms with van der Waals surface area (Å²) in [5.74, 6) is 0. The Bertz CT molecular complexity index is 331. The van der Waals surface area contributed by atoms with E-state index in [2.05, 4.69) is 54.2 Å². The third-order valence-corrected chi connectivity index (χ3v) is 2.83. The van der Waals surface area contributed by atoms with Crippen molar-refractivity contribution in [3.63, 3.8) is 0 Å². The first kappa shape index (κ1) is 13.5. The van der Waals surface area contributed by atoms with Gasteiger partial charge in [-0.05, 0) is 30.0 Å². The summed E-state index contributed by atoms with van der Waals surface area (Å²) in [6.07, 6.45) is 1.07. The van der Waals surface area contributed by atoms with Crippen molar-refractivity contribution in [2.24, 2.45) is 11.1 Å². The summed E-state index contributed by atoms with van der Waals surface area (Å²) in [4.78, 5) is 0. The van der Waals surface area contributed by atoms with Crippen molar-refractivity contribution in [3.8, 4) is 0 Å². The maximum Gasteiger partial charge on any atom is 0.0388 e. The lowest BCUT2D eigenvalue weighted by molar-refractivity contribution is 0.351. The standard InChI is InChI=1S/C13H21BrN2/c1-13(2,3)8-12(9-15)16-11-6-4-5-10(14)7-11/h4-7,12,16H,8-9,15H2,1-3H3. The fourth-order valence-corrected chi connectivity index (χ4v) is 2.15. The van der Waals surface area contributed by atoms with Crippen molar-refractivity contribution >= 4 is 21.6 Å². The minimum absolute atomic E-state index is 0.295. The highest BCUT2D eigenvalue weighted by molar-refractivity contribution is 9.10. The highest BCUT2D eigenvalue weighted by Crippen LogP contribution is 2.23. The summed E-state index contributed by atoms with van der Waals surface area (Å²) in [6.45, 7) is 7.36. The van der Waals surface area contributed by atoms with Gasteiger partial charge in [0.05, 0.1) is 0 Å². The second kappa shape index (κ2) is 5.69. The maximum atomic E-state index is 5.79. The van der Waals surface area contributed by atoms with E-state index in [1.165, 1.54) is 0 Å².